The Balaban J connectivity index is 1.94. The van der Waals surface area contributed by atoms with Gasteiger partial charge in [0.1, 0.15) is 0 Å². The van der Waals surface area contributed by atoms with E-state index in [2.05, 4.69) is 5.32 Å². The van der Waals surface area contributed by atoms with Gasteiger partial charge in [0, 0.05) is 23.5 Å². The maximum Gasteiger partial charge on any atom is 0.303 e. The van der Waals surface area contributed by atoms with E-state index in [1.807, 2.05) is 24.3 Å². The first kappa shape index (κ1) is 32.6. The van der Waals surface area contributed by atoms with Crippen molar-refractivity contribution in [2.45, 2.75) is 120 Å². The number of amides is 1. The van der Waals surface area contributed by atoms with E-state index in [0.29, 0.717) is 18.6 Å². The van der Waals surface area contributed by atoms with Crippen molar-refractivity contribution in [3.05, 3.63) is 24.3 Å². The van der Waals surface area contributed by atoms with Gasteiger partial charge >= 0.3 is 5.97 Å². The van der Waals surface area contributed by atoms with Gasteiger partial charge in [-0.1, -0.05) is 95.6 Å². The predicted octanol–water partition coefficient (Wildman–Crippen LogP) is 8.05. The lowest BCUT2D eigenvalue weighted by Gasteiger charge is -2.10. The number of unbranched alkanes of at least 4 members (excludes halogenated alkanes) is 14. The third kappa shape index (κ3) is 19.8. The summed E-state index contributed by atoms with van der Waals surface area (Å²) in [7, 11) is 0. The molecular formula is C28H47NO5S2. The summed E-state index contributed by atoms with van der Waals surface area (Å²) < 4.78 is 19.3. The number of aliphatic carboxylic acids is 1. The number of hydrogen-bond donors (Lipinski definition) is 3. The number of hydrogen-bond acceptors (Lipinski definition) is 4. The largest absolute Gasteiger partial charge is 0.481 e. The number of carboxylic acid groups (broad SMARTS) is 1. The predicted molar refractivity (Wildman–Crippen MR) is 152 cm³/mol. The number of benzene rings is 1. The second-order valence-corrected chi connectivity index (χ2v) is 11.7. The van der Waals surface area contributed by atoms with Crippen LogP contribution >= 0.6 is 11.8 Å². The molecule has 1 unspecified atom stereocenters. The normalized spacial score (nSPS) is 11.9. The summed E-state index contributed by atoms with van der Waals surface area (Å²) in [6, 6.07) is 7.72. The van der Waals surface area contributed by atoms with Crippen LogP contribution in [0.1, 0.15) is 116 Å². The Kier molecular flexibility index (Phi) is 20.7. The van der Waals surface area contributed by atoms with Crippen molar-refractivity contribution >= 4 is 40.4 Å². The zero-order valence-corrected chi connectivity index (χ0v) is 23.5. The molecule has 0 fully saturated rings. The molecule has 1 atom stereocenters. The molecule has 3 N–H and O–H groups in total. The van der Waals surface area contributed by atoms with Gasteiger partial charge in [0.05, 0.1) is 5.69 Å². The van der Waals surface area contributed by atoms with Crippen molar-refractivity contribution < 1.29 is 23.5 Å². The van der Waals surface area contributed by atoms with Crippen LogP contribution in [0, 0.1) is 0 Å². The SMILES string of the molecule is O=C(O)CCCSc1ccccc1NC(=O)CCCCCCCCCCCCCCCCCS(=O)O. The molecule has 1 aromatic carbocycles. The minimum Gasteiger partial charge on any atom is -0.481 e. The van der Waals surface area contributed by atoms with Crippen molar-refractivity contribution in [2.75, 3.05) is 16.8 Å². The Morgan fingerprint density at radius 1 is 0.722 bits per heavy atom. The van der Waals surface area contributed by atoms with Gasteiger partial charge in [0.15, 0.2) is 11.1 Å². The standard InChI is InChI=1S/C28H47NO5S2/c30-27(29-25-19-15-16-20-26(25)35-23-18-22-28(31)32)21-14-12-10-8-6-4-2-1-3-5-7-9-11-13-17-24-36(33)34/h15-16,19-20H,1-14,17-18,21-24H2,(H,29,30)(H,31,32)(H,33,34). The Morgan fingerprint density at radius 2 is 1.22 bits per heavy atom. The van der Waals surface area contributed by atoms with E-state index in [1.165, 1.54) is 70.6 Å². The van der Waals surface area contributed by atoms with Crippen LogP contribution in [0.15, 0.2) is 29.2 Å². The quantitative estimate of drug-likeness (QED) is 0.0695. The molecule has 6 nitrogen and oxygen atoms in total. The smallest absolute Gasteiger partial charge is 0.303 e. The highest BCUT2D eigenvalue weighted by Crippen LogP contribution is 2.28. The average Bonchev–Trinajstić information content (AvgIpc) is 2.84. The van der Waals surface area contributed by atoms with Crippen molar-refractivity contribution in [3.8, 4) is 0 Å². The molecule has 0 aliphatic carbocycles. The van der Waals surface area contributed by atoms with Crippen LogP contribution in [0.3, 0.4) is 0 Å². The van der Waals surface area contributed by atoms with Crippen LogP contribution in [0.5, 0.6) is 0 Å². The number of carbonyl (C=O) groups is 2. The van der Waals surface area contributed by atoms with Crippen molar-refractivity contribution in [1.82, 2.24) is 0 Å². The molecule has 0 spiro atoms. The monoisotopic (exact) mass is 541 g/mol. The Morgan fingerprint density at radius 3 is 1.75 bits per heavy atom. The van der Waals surface area contributed by atoms with Crippen molar-refractivity contribution in [3.63, 3.8) is 0 Å². The minimum absolute atomic E-state index is 0.0511. The van der Waals surface area contributed by atoms with Gasteiger partial charge in [-0.3, -0.25) is 9.59 Å². The fraction of sp³-hybridized carbons (Fsp3) is 0.714. The number of rotatable bonds is 24. The van der Waals surface area contributed by atoms with E-state index in [1.54, 1.807) is 11.8 Å². The van der Waals surface area contributed by atoms with Crippen LogP contribution in [-0.4, -0.2) is 37.3 Å². The van der Waals surface area contributed by atoms with Gasteiger partial charge in [-0.05, 0) is 37.1 Å². The zero-order valence-electron chi connectivity index (χ0n) is 21.9. The van der Waals surface area contributed by atoms with Gasteiger partial charge in [-0.2, -0.15) is 0 Å². The van der Waals surface area contributed by atoms with Gasteiger partial charge in [-0.25, -0.2) is 4.21 Å². The molecule has 206 valence electrons. The van der Waals surface area contributed by atoms with Gasteiger partial charge < -0.3 is 15.0 Å². The molecule has 1 amide bonds. The second kappa shape index (κ2) is 22.8. The summed E-state index contributed by atoms with van der Waals surface area (Å²) in [5.41, 5.74) is 0.819. The van der Waals surface area contributed by atoms with Crippen molar-refractivity contribution in [2.24, 2.45) is 0 Å². The van der Waals surface area contributed by atoms with Crippen LogP contribution < -0.4 is 5.32 Å². The highest BCUT2D eigenvalue weighted by atomic mass is 32.2. The number of nitrogens with one attached hydrogen (secondary N) is 1. The third-order valence-electron chi connectivity index (χ3n) is 6.18. The van der Waals surface area contributed by atoms with E-state index in [9.17, 15) is 13.8 Å². The van der Waals surface area contributed by atoms with Gasteiger partial charge in [0.25, 0.3) is 0 Å². The van der Waals surface area contributed by atoms with Crippen LogP contribution in [0.2, 0.25) is 0 Å². The molecule has 0 bridgehead atoms. The number of carbonyl (C=O) groups excluding carboxylic acids is 1. The summed E-state index contributed by atoms with van der Waals surface area (Å²) in [6.07, 6.45) is 19.3. The highest BCUT2D eigenvalue weighted by Gasteiger charge is 2.07. The Labute approximate surface area is 225 Å². The molecule has 0 heterocycles. The molecule has 0 radical (unpaired) electrons. The summed E-state index contributed by atoms with van der Waals surface area (Å²) in [5, 5.41) is 11.8. The fourth-order valence-electron chi connectivity index (χ4n) is 4.12. The molecule has 0 saturated heterocycles. The van der Waals surface area contributed by atoms with Crippen molar-refractivity contribution in [1.29, 1.82) is 0 Å². The second-order valence-electron chi connectivity index (χ2n) is 9.47. The molecule has 1 aromatic rings. The first-order valence-corrected chi connectivity index (χ1v) is 16.1. The van der Waals surface area contributed by atoms with Crippen LogP contribution in [-0.2, 0) is 20.7 Å². The molecule has 1 rings (SSSR count). The minimum atomic E-state index is -1.62. The molecule has 0 aliphatic heterocycles. The first-order valence-electron chi connectivity index (χ1n) is 13.8. The van der Waals surface area contributed by atoms with E-state index >= 15 is 0 Å². The number of carboxylic acids is 1. The number of thioether (sulfide) groups is 1. The first-order chi connectivity index (χ1) is 17.5. The lowest BCUT2D eigenvalue weighted by molar-refractivity contribution is -0.137. The topological polar surface area (TPSA) is 104 Å². The van der Waals surface area contributed by atoms with Crippen LogP contribution in [0.25, 0.3) is 0 Å². The maximum atomic E-state index is 12.3. The lowest BCUT2D eigenvalue weighted by atomic mass is 10.0. The summed E-state index contributed by atoms with van der Waals surface area (Å²) in [6.45, 7) is 0. The summed E-state index contributed by atoms with van der Waals surface area (Å²) >= 11 is -0.0359. The summed E-state index contributed by atoms with van der Waals surface area (Å²) in [4.78, 5) is 24.0. The molecule has 0 aliphatic rings. The molecular weight excluding hydrogens is 494 g/mol. The lowest BCUT2D eigenvalue weighted by Crippen LogP contribution is -2.11. The molecule has 36 heavy (non-hydrogen) atoms. The van der Waals surface area contributed by atoms with E-state index in [4.69, 9.17) is 9.66 Å². The molecule has 0 aromatic heterocycles. The maximum absolute atomic E-state index is 12.3. The fourth-order valence-corrected chi connectivity index (χ4v) is 5.53. The van der Waals surface area contributed by atoms with Crippen LogP contribution in [0.4, 0.5) is 5.69 Å². The number of anilines is 1. The van der Waals surface area contributed by atoms with E-state index < -0.39 is 17.0 Å². The molecule has 8 heteroatoms. The van der Waals surface area contributed by atoms with E-state index in [-0.39, 0.29) is 12.3 Å². The van der Waals surface area contributed by atoms with E-state index in [0.717, 1.165) is 42.0 Å². The number of para-hydroxylation sites is 1. The molecule has 0 saturated carbocycles. The highest BCUT2D eigenvalue weighted by molar-refractivity contribution is 7.99. The Hall–Kier alpha value is -1.38. The summed E-state index contributed by atoms with van der Waals surface area (Å²) in [5.74, 6) is 0.417. The van der Waals surface area contributed by atoms with Gasteiger partial charge in [-0.15, -0.1) is 11.8 Å². The zero-order chi connectivity index (χ0) is 26.3. The van der Waals surface area contributed by atoms with Gasteiger partial charge in [0.2, 0.25) is 5.91 Å². The average molecular weight is 542 g/mol. The third-order valence-corrected chi connectivity index (χ3v) is 7.97. The Bertz CT molecular complexity index is 744.